The first-order valence-electron chi connectivity index (χ1n) is 8.48. The van der Waals surface area contributed by atoms with Gasteiger partial charge in [-0.1, -0.05) is 25.0 Å². The van der Waals surface area contributed by atoms with Crippen molar-refractivity contribution in [2.75, 3.05) is 0 Å². The topological polar surface area (TPSA) is 90.3 Å². The van der Waals surface area contributed by atoms with Crippen LogP contribution in [0.1, 0.15) is 32.6 Å². The Morgan fingerprint density at radius 3 is 2.80 bits per heavy atom. The van der Waals surface area contributed by atoms with Gasteiger partial charge in [-0.2, -0.15) is 0 Å². The normalized spacial score (nSPS) is 15.9. The van der Waals surface area contributed by atoms with Crippen LogP contribution in [0.3, 0.4) is 0 Å². The van der Waals surface area contributed by atoms with Gasteiger partial charge in [0.25, 0.3) is 11.5 Å². The molecule has 0 radical (unpaired) electrons. The van der Waals surface area contributed by atoms with Gasteiger partial charge in [-0.25, -0.2) is 4.98 Å². The standard InChI is InChI=1S/C18H21N3O4/c1-12(17(23)20-13-6-2-3-7-13)25-16(22)10-21-11-19-15-9-5-4-8-14(15)18(21)24/h4-5,8-9,11-13H,2-3,6-7,10H2,1H3,(H,20,23)/t12-/m0/s1. The van der Waals surface area contributed by atoms with Gasteiger partial charge in [0.05, 0.1) is 17.2 Å². The summed E-state index contributed by atoms with van der Waals surface area (Å²) in [5, 5.41) is 3.32. The molecule has 1 aliphatic rings. The number of benzene rings is 1. The molecule has 1 fully saturated rings. The van der Waals surface area contributed by atoms with Crippen molar-refractivity contribution in [3.63, 3.8) is 0 Å². The van der Waals surface area contributed by atoms with E-state index in [1.807, 2.05) is 0 Å². The lowest BCUT2D eigenvalue weighted by Gasteiger charge is -2.17. The minimum Gasteiger partial charge on any atom is -0.451 e. The molecule has 25 heavy (non-hydrogen) atoms. The van der Waals surface area contributed by atoms with Crippen molar-refractivity contribution in [2.24, 2.45) is 0 Å². The fraction of sp³-hybridized carbons (Fsp3) is 0.444. The summed E-state index contributed by atoms with van der Waals surface area (Å²) in [6.07, 6.45) is 4.57. The van der Waals surface area contributed by atoms with Gasteiger partial charge in [0.1, 0.15) is 6.54 Å². The van der Waals surface area contributed by atoms with Crippen LogP contribution in [-0.2, 0) is 20.9 Å². The lowest BCUT2D eigenvalue weighted by Crippen LogP contribution is -2.41. The number of nitrogens with zero attached hydrogens (tertiary/aromatic N) is 2. The molecule has 7 nitrogen and oxygen atoms in total. The Hall–Kier alpha value is -2.70. The second kappa shape index (κ2) is 7.46. The first-order valence-corrected chi connectivity index (χ1v) is 8.48. The van der Waals surface area contributed by atoms with E-state index in [4.69, 9.17) is 4.74 Å². The maximum Gasteiger partial charge on any atom is 0.326 e. The number of nitrogens with one attached hydrogen (secondary N) is 1. The maximum atomic E-state index is 12.3. The molecular weight excluding hydrogens is 322 g/mol. The number of aromatic nitrogens is 2. The van der Waals surface area contributed by atoms with Crippen molar-refractivity contribution in [3.05, 3.63) is 40.9 Å². The zero-order valence-electron chi connectivity index (χ0n) is 14.1. The number of fused-ring (bicyclic) bond motifs is 1. The van der Waals surface area contributed by atoms with Crippen molar-refractivity contribution in [3.8, 4) is 0 Å². The fourth-order valence-electron chi connectivity index (χ4n) is 3.03. The summed E-state index contributed by atoms with van der Waals surface area (Å²) >= 11 is 0. The molecule has 0 bridgehead atoms. The van der Waals surface area contributed by atoms with Gasteiger partial charge >= 0.3 is 5.97 Å². The number of esters is 1. The fourth-order valence-corrected chi connectivity index (χ4v) is 3.03. The van der Waals surface area contributed by atoms with E-state index in [2.05, 4.69) is 10.3 Å². The Labute approximate surface area is 145 Å². The van der Waals surface area contributed by atoms with Crippen molar-refractivity contribution >= 4 is 22.8 Å². The molecule has 2 aromatic rings. The number of para-hydroxylation sites is 1. The second-order valence-corrected chi connectivity index (χ2v) is 6.32. The smallest absolute Gasteiger partial charge is 0.326 e. The molecule has 132 valence electrons. The average Bonchev–Trinajstić information content (AvgIpc) is 3.10. The van der Waals surface area contributed by atoms with Crippen molar-refractivity contribution in [1.29, 1.82) is 0 Å². The molecule has 1 aromatic carbocycles. The first kappa shape index (κ1) is 17.1. The zero-order chi connectivity index (χ0) is 17.8. The molecule has 1 aromatic heterocycles. The Morgan fingerprint density at radius 1 is 1.32 bits per heavy atom. The van der Waals surface area contributed by atoms with E-state index >= 15 is 0 Å². The summed E-state index contributed by atoms with van der Waals surface area (Å²) in [4.78, 5) is 40.6. The number of hydrogen-bond donors (Lipinski definition) is 1. The van der Waals surface area contributed by atoms with Gasteiger partial charge < -0.3 is 10.1 Å². The molecule has 0 unspecified atom stereocenters. The van der Waals surface area contributed by atoms with Gasteiger partial charge in [0, 0.05) is 6.04 Å². The third kappa shape index (κ3) is 4.04. The van der Waals surface area contributed by atoms with Crippen molar-refractivity contribution < 1.29 is 14.3 Å². The van der Waals surface area contributed by atoms with Crippen LogP contribution in [-0.4, -0.2) is 33.6 Å². The monoisotopic (exact) mass is 343 g/mol. The molecule has 0 saturated heterocycles. The molecule has 1 aliphatic carbocycles. The Morgan fingerprint density at radius 2 is 2.04 bits per heavy atom. The first-order chi connectivity index (χ1) is 12.0. The summed E-state index contributed by atoms with van der Waals surface area (Å²) in [5.74, 6) is -0.947. The Balaban J connectivity index is 1.61. The summed E-state index contributed by atoms with van der Waals surface area (Å²) in [6.45, 7) is 1.25. The van der Waals surface area contributed by atoms with Crippen LogP contribution < -0.4 is 10.9 Å². The van der Waals surface area contributed by atoms with Gasteiger partial charge in [-0.3, -0.25) is 19.0 Å². The van der Waals surface area contributed by atoms with E-state index in [0.717, 1.165) is 25.7 Å². The molecular formula is C18H21N3O4. The van der Waals surface area contributed by atoms with Crippen molar-refractivity contribution in [2.45, 2.75) is 51.3 Å². The van der Waals surface area contributed by atoms with Crippen LogP contribution in [0.2, 0.25) is 0 Å². The molecule has 7 heteroatoms. The highest BCUT2D eigenvalue weighted by atomic mass is 16.5. The average molecular weight is 343 g/mol. The number of rotatable bonds is 5. The molecule has 1 N–H and O–H groups in total. The van der Waals surface area contributed by atoms with E-state index in [0.29, 0.717) is 10.9 Å². The predicted octanol–water partition coefficient (Wildman–Crippen LogP) is 1.39. The SMILES string of the molecule is C[C@H](OC(=O)Cn1cnc2ccccc2c1=O)C(=O)NC1CCCC1. The van der Waals surface area contributed by atoms with Crippen LogP contribution in [0.25, 0.3) is 10.9 Å². The van der Waals surface area contributed by atoms with Gasteiger partial charge in [0.15, 0.2) is 6.10 Å². The van der Waals surface area contributed by atoms with Gasteiger partial charge in [-0.05, 0) is 31.9 Å². The highest BCUT2D eigenvalue weighted by Gasteiger charge is 2.23. The summed E-state index contributed by atoms with van der Waals surface area (Å²) < 4.78 is 6.34. The Bertz CT molecular complexity index is 840. The third-order valence-corrected chi connectivity index (χ3v) is 4.41. The summed E-state index contributed by atoms with van der Waals surface area (Å²) in [7, 11) is 0. The van der Waals surface area contributed by atoms with E-state index in [1.54, 1.807) is 24.3 Å². The van der Waals surface area contributed by atoms with Crippen LogP contribution >= 0.6 is 0 Å². The predicted molar refractivity (Wildman–Crippen MR) is 92.0 cm³/mol. The number of amides is 1. The van der Waals surface area contributed by atoms with Crippen LogP contribution in [0.15, 0.2) is 35.4 Å². The number of ether oxygens (including phenoxy) is 1. The summed E-state index contributed by atoms with van der Waals surface area (Å²) in [6, 6.07) is 7.08. The minimum atomic E-state index is -0.891. The second-order valence-electron chi connectivity index (χ2n) is 6.32. The quantitative estimate of drug-likeness (QED) is 0.829. The molecule has 1 amide bonds. The van der Waals surface area contributed by atoms with E-state index < -0.39 is 12.1 Å². The van der Waals surface area contributed by atoms with Gasteiger partial charge in [-0.15, -0.1) is 0 Å². The number of carbonyl (C=O) groups is 2. The minimum absolute atomic E-state index is 0.168. The third-order valence-electron chi connectivity index (χ3n) is 4.41. The molecule has 1 heterocycles. The van der Waals surface area contributed by atoms with Gasteiger partial charge in [0.2, 0.25) is 0 Å². The van der Waals surface area contributed by atoms with Crippen LogP contribution in [0.4, 0.5) is 0 Å². The maximum absolute atomic E-state index is 12.3. The highest BCUT2D eigenvalue weighted by Crippen LogP contribution is 2.17. The molecule has 0 aliphatic heterocycles. The van der Waals surface area contributed by atoms with E-state index in [1.165, 1.54) is 17.8 Å². The lowest BCUT2D eigenvalue weighted by atomic mass is 10.2. The number of hydrogen-bond acceptors (Lipinski definition) is 5. The van der Waals surface area contributed by atoms with E-state index in [-0.39, 0.29) is 24.1 Å². The molecule has 0 spiro atoms. The van der Waals surface area contributed by atoms with E-state index in [9.17, 15) is 14.4 Å². The Kier molecular flexibility index (Phi) is 5.11. The van der Waals surface area contributed by atoms with Crippen LogP contribution in [0.5, 0.6) is 0 Å². The summed E-state index contributed by atoms with van der Waals surface area (Å²) in [5.41, 5.74) is 0.257. The zero-order valence-corrected chi connectivity index (χ0v) is 14.1. The molecule has 3 rings (SSSR count). The lowest BCUT2D eigenvalue weighted by molar-refractivity contribution is -0.155. The van der Waals surface area contributed by atoms with Crippen LogP contribution in [0, 0.1) is 0 Å². The number of carbonyl (C=O) groups excluding carboxylic acids is 2. The highest BCUT2D eigenvalue weighted by molar-refractivity contribution is 5.83. The van der Waals surface area contributed by atoms with Crippen molar-refractivity contribution in [1.82, 2.24) is 14.9 Å². The largest absolute Gasteiger partial charge is 0.451 e. The molecule has 1 saturated carbocycles. The molecule has 1 atom stereocenters.